The van der Waals surface area contributed by atoms with Gasteiger partial charge in [-0.05, 0) is 55.6 Å². The van der Waals surface area contributed by atoms with E-state index < -0.39 is 0 Å². The minimum atomic E-state index is -0.105. The summed E-state index contributed by atoms with van der Waals surface area (Å²) in [6, 6.07) is 17.3. The van der Waals surface area contributed by atoms with Gasteiger partial charge in [0.15, 0.2) is 0 Å². The van der Waals surface area contributed by atoms with Gasteiger partial charge in [0, 0.05) is 30.6 Å². The fourth-order valence-corrected chi connectivity index (χ4v) is 4.48. The van der Waals surface area contributed by atoms with Crippen molar-refractivity contribution in [1.82, 2.24) is 10.2 Å². The zero-order valence-electron chi connectivity index (χ0n) is 15.7. The molecule has 4 nitrogen and oxygen atoms in total. The summed E-state index contributed by atoms with van der Waals surface area (Å²) in [5, 5.41) is 12.9. The van der Waals surface area contributed by atoms with Crippen LogP contribution in [0.15, 0.2) is 60.2 Å². The molecule has 140 valence electrons. The minimum absolute atomic E-state index is 0.105. The topological polar surface area (TPSA) is 52.6 Å². The zero-order valence-corrected chi connectivity index (χ0v) is 15.7. The van der Waals surface area contributed by atoms with Gasteiger partial charge in [-0.3, -0.25) is 4.79 Å². The molecule has 4 heteroatoms. The first kappa shape index (κ1) is 17.8. The number of amides is 1. The summed E-state index contributed by atoms with van der Waals surface area (Å²) >= 11 is 0. The van der Waals surface area contributed by atoms with Crippen molar-refractivity contribution in [2.24, 2.45) is 5.92 Å². The Bertz CT molecular complexity index is 860. The Balaban J connectivity index is 1.60. The Morgan fingerprint density at radius 1 is 1.11 bits per heavy atom. The first-order chi connectivity index (χ1) is 13.1. The van der Waals surface area contributed by atoms with Crippen LogP contribution in [0, 0.1) is 5.92 Å². The van der Waals surface area contributed by atoms with E-state index in [0.717, 1.165) is 32.4 Å². The Hall–Kier alpha value is -2.59. The van der Waals surface area contributed by atoms with Gasteiger partial charge in [-0.15, -0.1) is 0 Å². The molecule has 2 unspecified atom stereocenters. The van der Waals surface area contributed by atoms with Crippen molar-refractivity contribution >= 4 is 11.5 Å². The molecule has 2 aromatic carbocycles. The van der Waals surface area contributed by atoms with Crippen LogP contribution in [-0.4, -0.2) is 42.1 Å². The van der Waals surface area contributed by atoms with Gasteiger partial charge in [0.05, 0.1) is 0 Å². The number of phenols is 1. The largest absolute Gasteiger partial charge is 0.508 e. The molecular weight excluding hydrogens is 336 g/mol. The first-order valence-corrected chi connectivity index (χ1v) is 9.67. The van der Waals surface area contributed by atoms with Crippen molar-refractivity contribution in [3.8, 4) is 5.75 Å². The summed E-state index contributed by atoms with van der Waals surface area (Å²) < 4.78 is 0. The second-order valence-electron chi connectivity index (χ2n) is 7.66. The highest BCUT2D eigenvalue weighted by Crippen LogP contribution is 2.40. The summed E-state index contributed by atoms with van der Waals surface area (Å²) in [5.41, 5.74) is 4.81. The van der Waals surface area contributed by atoms with Gasteiger partial charge in [0.25, 0.3) is 5.91 Å². The highest BCUT2D eigenvalue weighted by Gasteiger charge is 2.36. The maximum Gasteiger partial charge on any atom is 0.251 e. The van der Waals surface area contributed by atoms with Crippen molar-refractivity contribution in [2.75, 3.05) is 20.1 Å². The molecule has 2 aliphatic rings. The maximum absolute atomic E-state index is 12.7. The van der Waals surface area contributed by atoms with Crippen LogP contribution in [0.4, 0.5) is 0 Å². The van der Waals surface area contributed by atoms with Crippen LogP contribution in [0.5, 0.6) is 5.75 Å². The highest BCUT2D eigenvalue weighted by atomic mass is 16.3. The molecule has 27 heavy (non-hydrogen) atoms. The number of carbonyl (C=O) groups excluding carboxylic acids is 1. The van der Waals surface area contributed by atoms with Crippen LogP contribution in [0.25, 0.3) is 5.57 Å². The molecule has 2 N–H and O–H groups in total. The fourth-order valence-electron chi connectivity index (χ4n) is 4.48. The molecule has 1 saturated heterocycles. The molecule has 1 heterocycles. The third kappa shape index (κ3) is 3.76. The molecule has 1 amide bonds. The molecule has 1 aliphatic carbocycles. The third-order valence-electron chi connectivity index (χ3n) is 5.84. The van der Waals surface area contributed by atoms with E-state index in [1.807, 2.05) is 0 Å². The van der Waals surface area contributed by atoms with Crippen molar-refractivity contribution in [3.05, 3.63) is 71.3 Å². The Kier molecular flexibility index (Phi) is 4.99. The number of nitrogens with one attached hydrogen (secondary N) is 1. The average molecular weight is 362 g/mol. The van der Waals surface area contributed by atoms with Crippen LogP contribution >= 0.6 is 0 Å². The number of likely N-dealkylation sites (tertiary alicyclic amines) is 1. The number of allylic oxidation sites excluding steroid dienone is 1. The average Bonchev–Trinajstić information content (AvgIpc) is 2.69. The summed E-state index contributed by atoms with van der Waals surface area (Å²) in [6.45, 7) is 2.03. The number of fused-ring (bicyclic) bond motifs is 1. The van der Waals surface area contributed by atoms with Crippen LogP contribution < -0.4 is 5.32 Å². The molecule has 0 bridgehead atoms. The molecule has 0 saturated carbocycles. The van der Waals surface area contributed by atoms with Crippen LogP contribution in [0.3, 0.4) is 0 Å². The van der Waals surface area contributed by atoms with E-state index in [4.69, 9.17) is 0 Å². The van der Waals surface area contributed by atoms with Crippen LogP contribution in [-0.2, 0) is 0 Å². The smallest absolute Gasteiger partial charge is 0.251 e. The number of carbonyl (C=O) groups is 1. The Morgan fingerprint density at radius 3 is 2.70 bits per heavy atom. The molecule has 1 aliphatic heterocycles. The zero-order chi connectivity index (χ0) is 18.8. The molecule has 2 atom stereocenters. The van der Waals surface area contributed by atoms with E-state index in [-0.39, 0.29) is 17.7 Å². The van der Waals surface area contributed by atoms with Gasteiger partial charge >= 0.3 is 0 Å². The van der Waals surface area contributed by atoms with E-state index >= 15 is 0 Å². The molecule has 2 aromatic rings. The summed E-state index contributed by atoms with van der Waals surface area (Å²) in [4.78, 5) is 15.1. The Morgan fingerprint density at radius 2 is 1.93 bits per heavy atom. The standard InChI is InChI=1S/C23H26N2O2/c1-25-13-12-20-19(16-6-3-2-4-7-16)10-11-22(21(20)15-25)24-23(27)17-8-5-9-18(26)14-17/h2-9,14,21-22,26H,10-13,15H2,1H3,(H,24,27). The third-order valence-corrected chi connectivity index (χ3v) is 5.84. The molecule has 4 rings (SSSR count). The lowest BCUT2D eigenvalue weighted by atomic mass is 9.74. The number of hydrogen-bond donors (Lipinski definition) is 2. The van der Waals surface area contributed by atoms with Gasteiger partial charge in [0.2, 0.25) is 0 Å². The number of aromatic hydroxyl groups is 1. The second-order valence-corrected chi connectivity index (χ2v) is 7.66. The van der Waals surface area contributed by atoms with Crippen molar-refractivity contribution < 1.29 is 9.90 Å². The highest BCUT2D eigenvalue weighted by molar-refractivity contribution is 5.94. The van der Waals surface area contributed by atoms with Gasteiger partial charge < -0.3 is 15.3 Å². The van der Waals surface area contributed by atoms with E-state index in [9.17, 15) is 9.90 Å². The Labute approximate surface area is 160 Å². The lowest BCUT2D eigenvalue weighted by molar-refractivity contribution is 0.0908. The van der Waals surface area contributed by atoms with Crippen molar-refractivity contribution in [3.63, 3.8) is 0 Å². The minimum Gasteiger partial charge on any atom is -0.508 e. The van der Waals surface area contributed by atoms with Gasteiger partial charge in [-0.25, -0.2) is 0 Å². The number of piperidine rings is 1. The van der Waals surface area contributed by atoms with Gasteiger partial charge in [0.1, 0.15) is 5.75 Å². The first-order valence-electron chi connectivity index (χ1n) is 9.67. The second kappa shape index (κ2) is 7.57. The summed E-state index contributed by atoms with van der Waals surface area (Å²) in [7, 11) is 2.15. The van der Waals surface area contributed by atoms with Crippen molar-refractivity contribution in [1.29, 1.82) is 0 Å². The van der Waals surface area contributed by atoms with Gasteiger partial charge in [-0.2, -0.15) is 0 Å². The summed E-state index contributed by atoms with van der Waals surface area (Å²) in [6.07, 6.45) is 2.99. The van der Waals surface area contributed by atoms with Crippen LogP contribution in [0.2, 0.25) is 0 Å². The van der Waals surface area contributed by atoms with Crippen LogP contribution in [0.1, 0.15) is 35.2 Å². The SMILES string of the molecule is CN1CCC2=C(c3ccccc3)CCC(NC(=O)c3cccc(O)c3)C2C1. The molecular formula is C23H26N2O2. The lowest BCUT2D eigenvalue weighted by Gasteiger charge is -2.42. The number of benzene rings is 2. The molecule has 0 spiro atoms. The number of phenolic OH excluding ortho intramolecular Hbond substituents is 1. The molecule has 0 radical (unpaired) electrons. The summed E-state index contributed by atoms with van der Waals surface area (Å²) in [5.74, 6) is 0.358. The van der Waals surface area contributed by atoms with E-state index in [2.05, 4.69) is 47.6 Å². The van der Waals surface area contributed by atoms with E-state index in [0.29, 0.717) is 11.5 Å². The lowest BCUT2D eigenvalue weighted by Crippen LogP contribution is -2.49. The van der Waals surface area contributed by atoms with E-state index in [1.54, 1.807) is 18.2 Å². The maximum atomic E-state index is 12.7. The predicted molar refractivity (Wildman–Crippen MR) is 108 cm³/mol. The quantitative estimate of drug-likeness (QED) is 0.876. The number of rotatable bonds is 3. The van der Waals surface area contributed by atoms with E-state index in [1.165, 1.54) is 22.8 Å². The van der Waals surface area contributed by atoms with Gasteiger partial charge in [-0.1, -0.05) is 42.0 Å². The normalized spacial score (nSPS) is 23.0. The predicted octanol–water partition coefficient (Wildman–Crippen LogP) is 3.69. The van der Waals surface area contributed by atoms with Crippen molar-refractivity contribution in [2.45, 2.75) is 25.3 Å². The monoisotopic (exact) mass is 362 g/mol. The molecule has 1 fully saturated rings. The number of hydrogen-bond acceptors (Lipinski definition) is 3. The molecule has 0 aromatic heterocycles. The number of nitrogens with zero attached hydrogens (tertiary/aromatic N) is 1. The fraction of sp³-hybridized carbons (Fsp3) is 0.348.